The number of hydrogen-bond acceptors (Lipinski definition) is 4. The number of aliphatic hydroxyl groups excluding tert-OH is 1. The Morgan fingerprint density at radius 1 is 1.17 bits per heavy atom. The first-order valence-electron chi connectivity index (χ1n) is 8.90. The van der Waals surface area contributed by atoms with Gasteiger partial charge in [-0.05, 0) is 71.4 Å². The van der Waals surface area contributed by atoms with Crippen LogP contribution in [0.3, 0.4) is 0 Å². The lowest BCUT2D eigenvalue weighted by atomic mass is 9.91. The van der Waals surface area contributed by atoms with Gasteiger partial charge in [0, 0.05) is 5.57 Å². The van der Waals surface area contributed by atoms with Gasteiger partial charge in [0.2, 0.25) is 0 Å². The van der Waals surface area contributed by atoms with E-state index in [0.29, 0.717) is 6.42 Å². The molecule has 1 fully saturated rings. The quantitative estimate of drug-likeness (QED) is 0.418. The largest absolute Gasteiger partial charge is 0.450 e. The first-order chi connectivity index (χ1) is 11.3. The Kier molecular flexibility index (Phi) is 4.71. The maximum Gasteiger partial charge on any atom is 0.334 e. The second-order valence-corrected chi connectivity index (χ2v) is 7.62. The number of epoxide rings is 1. The highest BCUT2D eigenvalue weighted by molar-refractivity contribution is 5.92. The van der Waals surface area contributed by atoms with Crippen molar-refractivity contribution in [3.8, 4) is 0 Å². The number of carbonyl (C=O) groups excluding carboxylic acids is 1. The second kappa shape index (κ2) is 6.49. The summed E-state index contributed by atoms with van der Waals surface area (Å²) in [6, 6.07) is 0. The molecule has 1 saturated heterocycles. The van der Waals surface area contributed by atoms with Gasteiger partial charge in [0.1, 0.15) is 11.7 Å². The van der Waals surface area contributed by atoms with E-state index in [-0.39, 0.29) is 18.2 Å². The van der Waals surface area contributed by atoms with Crippen LogP contribution in [0, 0.1) is 0 Å². The second-order valence-electron chi connectivity index (χ2n) is 7.62. The van der Waals surface area contributed by atoms with Crippen molar-refractivity contribution >= 4 is 5.97 Å². The molecule has 0 bridgehead atoms. The minimum absolute atomic E-state index is 0.107. The van der Waals surface area contributed by atoms with E-state index in [1.807, 2.05) is 13.8 Å². The van der Waals surface area contributed by atoms with Crippen molar-refractivity contribution in [1.82, 2.24) is 0 Å². The summed E-state index contributed by atoms with van der Waals surface area (Å²) in [5.74, 6) is -0.196. The minimum atomic E-state index is -0.463. The Labute approximate surface area is 144 Å². The molecule has 3 aliphatic rings. The van der Waals surface area contributed by atoms with Crippen molar-refractivity contribution in [2.24, 2.45) is 0 Å². The summed E-state index contributed by atoms with van der Waals surface area (Å²) in [7, 11) is 0. The lowest BCUT2D eigenvalue weighted by Crippen LogP contribution is -2.28. The van der Waals surface area contributed by atoms with E-state index < -0.39 is 11.7 Å². The Morgan fingerprint density at radius 3 is 2.67 bits per heavy atom. The number of rotatable bonds is 0. The highest BCUT2D eigenvalue weighted by Crippen LogP contribution is 2.44. The minimum Gasteiger partial charge on any atom is -0.450 e. The number of ether oxygens (including phenoxy) is 2. The summed E-state index contributed by atoms with van der Waals surface area (Å²) < 4.78 is 11.3. The van der Waals surface area contributed by atoms with E-state index in [0.717, 1.165) is 36.8 Å². The zero-order valence-corrected chi connectivity index (χ0v) is 15.1. The summed E-state index contributed by atoms with van der Waals surface area (Å²) in [5.41, 5.74) is 3.87. The monoisotopic (exact) mass is 332 g/mol. The van der Waals surface area contributed by atoms with Crippen molar-refractivity contribution in [3.05, 3.63) is 34.4 Å². The average molecular weight is 332 g/mol. The van der Waals surface area contributed by atoms with E-state index in [4.69, 9.17) is 9.47 Å². The zero-order chi connectivity index (χ0) is 17.5. The molecule has 0 saturated carbocycles. The lowest BCUT2D eigenvalue weighted by Gasteiger charge is -2.16. The van der Waals surface area contributed by atoms with Crippen LogP contribution >= 0.6 is 0 Å². The molecule has 1 N–H and O–H groups in total. The van der Waals surface area contributed by atoms with Crippen LogP contribution in [0.5, 0.6) is 0 Å². The summed E-state index contributed by atoms with van der Waals surface area (Å²) in [6.07, 6.45) is 7.69. The summed E-state index contributed by atoms with van der Waals surface area (Å²) in [5, 5.41) is 10.4. The molecule has 0 amide bonds. The molecule has 132 valence electrons. The molecule has 2 aliphatic heterocycles. The van der Waals surface area contributed by atoms with Gasteiger partial charge < -0.3 is 14.6 Å². The first-order valence-corrected chi connectivity index (χ1v) is 8.90. The van der Waals surface area contributed by atoms with Crippen LogP contribution in [0.4, 0.5) is 0 Å². The predicted octanol–water partition coefficient (Wildman–Crippen LogP) is 3.60. The lowest BCUT2D eigenvalue weighted by molar-refractivity contribution is -0.138. The molecule has 0 aromatic rings. The van der Waals surface area contributed by atoms with Gasteiger partial charge in [-0.1, -0.05) is 17.2 Å². The maximum atomic E-state index is 11.9. The number of aliphatic hydroxyl groups is 1. The fraction of sp³-hybridized carbons (Fsp3) is 0.650. The van der Waals surface area contributed by atoms with E-state index in [9.17, 15) is 9.90 Å². The highest BCUT2D eigenvalue weighted by Gasteiger charge is 2.56. The van der Waals surface area contributed by atoms with Crippen molar-refractivity contribution in [2.75, 3.05) is 0 Å². The van der Waals surface area contributed by atoms with E-state index >= 15 is 0 Å². The molecule has 2 heterocycles. The highest BCUT2D eigenvalue weighted by atomic mass is 16.6. The van der Waals surface area contributed by atoms with Crippen LogP contribution in [-0.2, 0) is 14.3 Å². The number of esters is 1. The van der Waals surface area contributed by atoms with Gasteiger partial charge in [0.25, 0.3) is 0 Å². The smallest absolute Gasteiger partial charge is 0.334 e. The third-order valence-corrected chi connectivity index (χ3v) is 5.72. The van der Waals surface area contributed by atoms with Crippen LogP contribution in [-0.4, -0.2) is 35.0 Å². The summed E-state index contributed by atoms with van der Waals surface area (Å²) in [4.78, 5) is 11.9. The van der Waals surface area contributed by atoms with Gasteiger partial charge in [-0.3, -0.25) is 0 Å². The first kappa shape index (κ1) is 17.4. The molecule has 1 unspecified atom stereocenters. The van der Waals surface area contributed by atoms with Gasteiger partial charge in [-0.25, -0.2) is 4.79 Å². The Hall–Kier alpha value is -1.39. The number of carbonyl (C=O) groups is 1. The van der Waals surface area contributed by atoms with Crippen LogP contribution in [0.25, 0.3) is 0 Å². The van der Waals surface area contributed by atoms with Crippen LogP contribution in [0.15, 0.2) is 34.4 Å². The third kappa shape index (κ3) is 3.35. The van der Waals surface area contributed by atoms with Gasteiger partial charge in [0.15, 0.2) is 0 Å². The molecule has 0 aromatic carbocycles. The van der Waals surface area contributed by atoms with Crippen molar-refractivity contribution in [1.29, 1.82) is 0 Å². The molecule has 24 heavy (non-hydrogen) atoms. The van der Waals surface area contributed by atoms with E-state index in [2.05, 4.69) is 26.0 Å². The third-order valence-electron chi connectivity index (χ3n) is 5.72. The zero-order valence-electron chi connectivity index (χ0n) is 15.1. The molecular formula is C20H28O4. The molecule has 0 radical (unpaired) electrons. The number of allylic oxidation sites excluding steroid dienone is 2. The number of hydrogen-bond donors (Lipinski definition) is 1. The molecule has 4 atom stereocenters. The van der Waals surface area contributed by atoms with Crippen molar-refractivity contribution in [3.63, 3.8) is 0 Å². The topological polar surface area (TPSA) is 59.1 Å². The van der Waals surface area contributed by atoms with Crippen LogP contribution in [0.2, 0.25) is 0 Å². The van der Waals surface area contributed by atoms with Crippen molar-refractivity contribution in [2.45, 2.75) is 83.7 Å². The summed E-state index contributed by atoms with van der Waals surface area (Å²) >= 11 is 0. The predicted molar refractivity (Wildman–Crippen MR) is 92.5 cm³/mol. The molecule has 3 rings (SSSR count). The summed E-state index contributed by atoms with van der Waals surface area (Å²) in [6.45, 7) is 8.01. The number of fused-ring (bicyclic) bond motifs is 2. The van der Waals surface area contributed by atoms with Crippen molar-refractivity contribution < 1.29 is 19.4 Å². The normalized spacial score (nSPS) is 42.0. The molecule has 0 spiro atoms. The average Bonchev–Trinajstić information content (AvgIpc) is 3.13. The van der Waals surface area contributed by atoms with Gasteiger partial charge in [-0.15, -0.1) is 0 Å². The van der Waals surface area contributed by atoms with E-state index in [1.165, 1.54) is 11.1 Å². The van der Waals surface area contributed by atoms with Gasteiger partial charge in [0.05, 0.1) is 12.2 Å². The van der Waals surface area contributed by atoms with E-state index in [1.54, 1.807) is 0 Å². The molecule has 1 aliphatic carbocycles. The van der Waals surface area contributed by atoms with Crippen LogP contribution < -0.4 is 0 Å². The molecular weight excluding hydrogens is 304 g/mol. The van der Waals surface area contributed by atoms with Crippen LogP contribution in [0.1, 0.15) is 59.8 Å². The maximum absolute atomic E-state index is 11.9. The fourth-order valence-electron chi connectivity index (χ4n) is 3.68. The SMILES string of the molecule is CC1=C2CC/C(C)=C/C[C@H](O)C3(C)O[C@H]3CC/C(C)=C/[C@@H]2OC1=O. The molecule has 4 heteroatoms. The Morgan fingerprint density at radius 2 is 1.92 bits per heavy atom. The molecule has 0 aromatic heterocycles. The molecule has 4 nitrogen and oxygen atoms in total. The fourth-order valence-corrected chi connectivity index (χ4v) is 3.68. The Balaban J connectivity index is 1.83. The van der Waals surface area contributed by atoms with Gasteiger partial charge in [-0.2, -0.15) is 0 Å². The standard InChI is InChI=1S/C20H28O4/c1-12-5-8-15-14(3)19(22)23-16(15)11-13(2)7-10-18-20(4,24-18)17(21)9-6-12/h6,11,16-18,21H,5,7-10H2,1-4H3/b12-6+,13-11+/t16-,17-,18-,20?/m0/s1. The Bertz CT molecular complexity index is 628. The van der Waals surface area contributed by atoms with Gasteiger partial charge >= 0.3 is 5.97 Å².